The van der Waals surface area contributed by atoms with E-state index >= 15 is 0 Å². The summed E-state index contributed by atoms with van der Waals surface area (Å²) in [7, 11) is 0. The number of hydrogen-bond acceptors (Lipinski definition) is 4. The Balaban J connectivity index is 1.94. The van der Waals surface area contributed by atoms with Crippen LogP contribution in [0.5, 0.6) is 5.75 Å². The van der Waals surface area contributed by atoms with Crippen molar-refractivity contribution in [1.82, 2.24) is 5.32 Å². The minimum absolute atomic E-state index is 0.0638. The molecule has 0 radical (unpaired) electrons. The van der Waals surface area contributed by atoms with E-state index in [1.807, 2.05) is 37.3 Å². The van der Waals surface area contributed by atoms with Gasteiger partial charge in [0.1, 0.15) is 17.4 Å². The van der Waals surface area contributed by atoms with Gasteiger partial charge in [-0.25, -0.2) is 0 Å². The Labute approximate surface area is 136 Å². The average Bonchev–Trinajstić information content (AvgIpc) is 3.10. The van der Waals surface area contributed by atoms with Gasteiger partial charge in [-0.1, -0.05) is 19.1 Å². The number of nitrogens with zero attached hydrogens (tertiary/aromatic N) is 1. The molecule has 5 heteroatoms. The zero-order valence-corrected chi connectivity index (χ0v) is 13.4. The lowest BCUT2D eigenvalue weighted by Gasteiger charge is -2.10. The van der Waals surface area contributed by atoms with E-state index in [4.69, 9.17) is 9.47 Å². The highest BCUT2D eigenvalue weighted by atomic mass is 16.5. The Morgan fingerprint density at radius 2 is 2.26 bits per heavy atom. The average molecular weight is 314 g/mol. The first-order valence-electron chi connectivity index (χ1n) is 7.97. The molecule has 1 saturated heterocycles. The van der Waals surface area contributed by atoms with E-state index in [1.54, 1.807) is 6.08 Å². The molecule has 0 aliphatic carbocycles. The van der Waals surface area contributed by atoms with Gasteiger partial charge in [-0.15, -0.1) is 0 Å². The molecule has 1 heterocycles. The molecule has 0 bridgehead atoms. The van der Waals surface area contributed by atoms with Gasteiger partial charge in [-0.3, -0.25) is 4.79 Å². The van der Waals surface area contributed by atoms with Crippen LogP contribution in [0.1, 0.15) is 31.7 Å². The van der Waals surface area contributed by atoms with E-state index in [0.29, 0.717) is 13.2 Å². The minimum atomic E-state index is -0.366. The Kier molecular flexibility index (Phi) is 6.64. The molecule has 0 spiro atoms. The Bertz CT molecular complexity index is 581. The predicted octanol–water partition coefficient (Wildman–Crippen LogP) is 2.68. The highest BCUT2D eigenvalue weighted by Gasteiger charge is 2.17. The van der Waals surface area contributed by atoms with Gasteiger partial charge in [0.05, 0.1) is 12.7 Å². The summed E-state index contributed by atoms with van der Waals surface area (Å²) in [4.78, 5) is 12.1. The van der Waals surface area contributed by atoms with E-state index in [1.165, 1.54) is 0 Å². The first kappa shape index (κ1) is 17.0. The van der Waals surface area contributed by atoms with E-state index < -0.39 is 0 Å². The molecule has 1 aromatic rings. The maximum atomic E-state index is 12.1. The lowest BCUT2D eigenvalue weighted by molar-refractivity contribution is -0.117. The summed E-state index contributed by atoms with van der Waals surface area (Å²) in [5.41, 5.74) is 0.878. The number of carbonyl (C=O) groups excluding carboxylic acids is 1. The second-order valence-corrected chi connectivity index (χ2v) is 5.43. The number of nitriles is 1. The maximum absolute atomic E-state index is 12.1. The lowest BCUT2D eigenvalue weighted by Crippen LogP contribution is -2.32. The second-order valence-electron chi connectivity index (χ2n) is 5.43. The predicted molar refractivity (Wildman–Crippen MR) is 87.8 cm³/mol. The summed E-state index contributed by atoms with van der Waals surface area (Å²) in [6.07, 6.45) is 4.56. The molecule has 1 aliphatic heterocycles. The van der Waals surface area contributed by atoms with Crippen LogP contribution in [-0.4, -0.2) is 31.8 Å². The number of benzene rings is 1. The molecule has 23 heavy (non-hydrogen) atoms. The summed E-state index contributed by atoms with van der Waals surface area (Å²) in [5.74, 6) is 0.416. The number of nitrogens with one attached hydrogen (secondary N) is 1. The van der Waals surface area contributed by atoms with Gasteiger partial charge in [-0.05, 0) is 43.0 Å². The van der Waals surface area contributed by atoms with E-state index in [9.17, 15) is 10.1 Å². The third kappa shape index (κ3) is 5.42. The molecule has 2 rings (SSSR count). The molecular weight excluding hydrogens is 292 g/mol. The molecular formula is C18H22N2O3. The molecule has 1 unspecified atom stereocenters. The number of hydrogen-bond donors (Lipinski definition) is 1. The number of amides is 1. The fourth-order valence-electron chi connectivity index (χ4n) is 2.30. The third-order valence-corrected chi connectivity index (χ3v) is 3.54. The van der Waals surface area contributed by atoms with E-state index in [0.717, 1.165) is 37.2 Å². The van der Waals surface area contributed by atoms with Crippen molar-refractivity contribution in [2.75, 3.05) is 19.8 Å². The largest absolute Gasteiger partial charge is 0.494 e. The first-order chi connectivity index (χ1) is 11.2. The normalized spacial score (nSPS) is 17.6. The monoisotopic (exact) mass is 314 g/mol. The fourth-order valence-corrected chi connectivity index (χ4v) is 2.30. The van der Waals surface area contributed by atoms with Crippen molar-refractivity contribution in [2.45, 2.75) is 32.3 Å². The molecule has 1 N–H and O–H groups in total. The van der Waals surface area contributed by atoms with Gasteiger partial charge < -0.3 is 14.8 Å². The molecule has 5 nitrogen and oxygen atoms in total. The van der Waals surface area contributed by atoms with Gasteiger partial charge in [-0.2, -0.15) is 5.26 Å². The second kappa shape index (κ2) is 8.96. The van der Waals surface area contributed by atoms with Crippen molar-refractivity contribution in [1.29, 1.82) is 5.26 Å². The van der Waals surface area contributed by atoms with Crippen LogP contribution < -0.4 is 10.1 Å². The van der Waals surface area contributed by atoms with Crippen LogP contribution >= 0.6 is 0 Å². The van der Waals surface area contributed by atoms with Crippen LogP contribution in [0.2, 0.25) is 0 Å². The highest BCUT2D eigenvalue weighted by Crippen LogP contribution is 2.15. The molecule has 1 aromatic carbocycles. The van der Waals surface area contributed by atoms with Crippen LogP contribution in [-0.2, 0) is 9.53 Å². The smallest absolute Gasteiger partial charge is 0.262 e. The number of ether oxygens (including phenoxy) is 2. The van der Waals surface area contributed by atoms with Crippen LogP contribution in [0, 0.1) is 11.3 Å². The van der Waals surface area contributed by atoms with Gasteiger partial charge >= 0.3 is 0 Å². The van der Waals surface area contributed by atoms with Gasteiger partial charge in [0.25, 0.3) is 5.91 Å². The maximum Gasteiger partial charge on any atom is 0.262 e. The molecule has 1 aliphatic rings. The van der Waals surface area contributed by atoms with Crippen molar-refractivity contribution in [3.05, 3.63) is 35.4 Å². The zero-order chi connectivity index (χ0) is 16.5. The Morgan fingerprint density at radius 3 is 2.87 bits per heavy atom. The van der Waals surface area contributed by atoms with Crippen LogP contribution in [0.4, 0.5) is 0 Å². The quantitative estimate of drug-likeness (QED) is 0.620. The van der Waals surface area contributed by atoms with Crippen molar-refractivity contribution in [2.24, 2.45) is 0 Å². The molecule has 0 saturated carbocycles. The van der Waals surface area contributed by atoms with E-state index in [-0.39, 0.29) is 17.6 Å². The van der Waals surface area contributed by atoms with Crippen LogP contribution in [0.15, 0.2) is 29.8 Å². The molecule has 1 amide bonds. The van der Waals surface area contributed by atoms with Crippen LogP contribution in [0.25, 0.3) is 6.08 Å². The van der Waals surface area contributed by atoms with Crippen LogP contribution in [0.3, 0.4) is 0 Å². The zero-order valence-electron chi connectivity index (χ0n) is 13.4. The van der Waals surface area contributed by atoms with Gasteiger partial charge in [0.2, 0.25) is 0 Å². The van der Waals surface area contributed by atoms with Crippen molar-refractivity contribution in [3.63, 3.8) is 0 Å². The number of carbonyl (C=O) groups is 1. The lowest BCUT2D eigenvalue weighted by atomic mass is 10.1. The number of rotatable bonds is 7. The summed E-state index contributed by atoms with van der Waals surface area (Å²) < 4.78 is 11.0. The molecule has 1 atom stereocenters. The van der Waals surface area contributed by atoms with Gasteiger partial charge in [0.15, 0.2) is 0 Å². The molecule has 0 aromatic heterocycles. The summed E-state index contributed by atoms with van der Waals surface area (Å²) in [6.45, 7) is 3.91. The Hall–Kier alpha value is -2.32. The standard InChI is InChI=1S/C18H22N2O3/c1-2-9-22-16-7-5-14(6-8-16)11-15(12-19)18(21)20-13-17-4-3-10-23-17/h5-8,11,17H,2-4,9-10,13H2,1H3,(H,20,21)/b15-11+. The van der Waals surface area contributed by atoms with Crippen molar-refractivity contribution >= 4 is 12.0 Å². The van der Waals surface area contributed by atoms with Crippen molar-refractivity contribution in [3.8, 4) is 11.8 Å². The van der Waals surface area contributed by atoms with Crippen molar-refractivity contribution < 1.29 is 14.3 Å². The molecule has 122 valence electrons. The third-order valence-electron chi connectivity index (χ3n) is 3.54. The SMILES string of the molecule is CCCOc1ccc(/C=C(\C#N)C(=O)NCC2CCCO2)cc1. The summed E-state index contributed by atoms with van der Waals surface area (Å²) in [5, 5.41) is 11.9. The summed E-state index contributed by atoms with van der Waals surface area (Å²) >= 11 is 0. The molecule has 1 fully saturated rings. The Morgan fingerprint density at radius 1 is 1.48 bits per heavy atom. The van der Waals surface area contributed by atoms with Gasteiger partial charge in [0, 0.05) is 13.2 Å². The first-order valence-corrected chi connectivity index (χ1v) is 7.97. The van der Waals surface area contributed by atoms with E-state index in [2.05, 4.69) is 5.32 Å². The minimum Gasteiger partial charge on any atom is -0.494 e. The topological polar surface area (TPSA) is 71.3 Å². The summed E-state index contributed by atoms with van der Waals surface area (Å²) in [6, 6.07) is 9.28. The highest BCUT2D eigenvalue weighted by molar-refractivity contribution is 6.01. The fraction of sp³-hybridized carbons (Fsp3) is 0.444.